The number of rotatable bonds is 6. The highest BCUT2D eigenvalue weighted by molar-refractivity contribution is 8.16. The Morgan fingerprint density at radius 1 is 1.29 bits per heavy atom. The van der Waals surface area contributed by atoms with Crippen LogP contribution in [0.15, 0.2) is 39.9 Å². The van der Waals surface area contributed by atoms with E-state index in [1.54, 1.807) is 32.9 Å². The molecule has 1 aromatic carbocycles. The minimum atomic E-state index is -1.44. The van der Waals surface area contributed by atoms with Crippen molar-refractivity contribution in [3.05, 3.63) is 35.1 Å². The van der Waals surface area contributed by atoms with Gasteiger partial charge in [0.15, 0.2) is 10.8 Å². The van der Waals surface area contributed by atoms with Crippen molar-refractivity contribution in [1.82, 2.24) is 4.90 Å². The van der Waals surface area contributed by atoms with Gasteiger partial charge in [0.1, 0.15) is 11.3 Å². The van der Waals surface area contributed by atoms with E-state index in [0.717, 1.165) is 4.90 Å². The molecule has 0 spiro atoms. The van der Waals surface area contributed by atoms with Crippen LogP contribution >= 0.6 is 23.4 Å². The molecule has 1 aromatic rings. The van der Waals surface area contributed by atoms with Crippen LogP contribution in [0.2, 0.25) is 0 Å². The predicted molar refractivity (Wildman–Crippen MR) is 107 cm³/mol. The average molecular weight is 446 g/mol. The van der Waals surface area contributed by atoms with Gasteiger partial charge in [-0.05, 0) is 36.0 Å². The zero-order valence-corrected chi connectivity index (χ0v) is 18.1. The molecule has 2 atom stereocenters. The monoisotopic (exact) mass is 445 g/mol. The van der Waals surface area contributed by atoms with Gasteiger partial charge < -0.3 is 9.84 Å². The van der Waals surface area contributed by atoms with Gasteiger partial charge in [-0.15, -0.1) is 0 Å². The SMILES string of the molecule is CS(=O)c1ccc(OC(SC(=O)C(C)(C)C)=C(C(=O)O)N2C(=O)CC2Cl)cc1. The van der Waals surface area contributed by atoms with Crippen molar-refractivity contribution in [3.8, 4) is 5.75 Å². The number of alkyl halides is 1. The number of hydrogen-bond acceptors (Lipinski definition) is 6. The van der Waals surface area contributed by atoms with Crippen LogP contribution in [0.1, 0.15) is 27.2 Å². The number of thioether (sulfide) groups is 1. The van der Waals surface area contributed by atoms with Crippen molar-refractivity contribution < 1.29 is 28.4 Å². The van der Waals surface area contributed by atoms with Gasteiger partial charge in [0.25, 0.3) is 0 Å². The molecule has 1 saturated heterocycles. The van der Waals surface area contributed by atoms with Crippen molar-refractivity contribution in [1.29, 1.82) is 0 Å². The molecule has 1 heterocycles. The fourth-order valence-corrected chi connectivity index (χ4v) is 3.84. The van der Waals surface area contributed by atoms with Gasteiger partial charge in [-0.25, -0.2) is 4.79 Å². The highest BCUT2D eigenvalue weighted by Crippen LogP contribution is 2.37. The molecular formula is C18H20ClNO6S2. The van der Waals surface area contributed by atoms with Gasteiger partial charge in [-0.3, -0.25) is 18.7 Å². The molecule has 28 heavy (non-hydrogen) atoms. The van der Waals surface area contributed by atoms with Crippen LogP contribution < -0.4 is 4.74 Å². The molecule has 2 rings (SSSR count). The number of halogens is 1. The molecule has 2 unspecified atom stereocenters. The Kier molecular flexibility index (Phi) is 6.95. The molecular weight excluding hydrogens is 426 g/mol. The molecule has 0 saturated carbocycles. The van der Waals surface area contributed by atoms with Gasteiger partial charge in [-0.1, -0.05) is 32.4 Å². The number of carboxylic acid groups (broad SMARTS) is 1. The van der Waals surface area contributed by atoms with Crippen molar-refractivity contribution >= 4 is 51.2 Å². The number of aliphatic carboxylic acids is 1. The summed E-state index contributed by atoms with van der Waals surface area (Å²) in [6, 6.07) is 6.15. The van der Waals surface area contributed by atoms with Crippen LogP contribution in [0.3, 0.4) is 0 Å². The van der Waals surface area contributed by atoms with Crippen molar-refractivity contribution in [2.24, 2.45) is 5.41 Å². The average Bonchev–Trinajstić information content (AvgIpc) is 2.58. The lowest BCUT2D eigenvalue weighted by molar-refractivity contribution is -0.146. The molecule has 152 valence electrons. The van der Waals surface area contributed by atoms with E-state index in [9.17, 15) is 23.7 Å². The summed E-state index contributed by atoms with van der Waals surface area (Å²) in [4.78, 5) is 37.8. The third kappa shape index (κ3) is 5.15. The maximum absolute atomic E-state index is 12.5. The van der Waals surface area contributed by atoms with E-state index in [4.69, 9.17) is 16.3 Å². The molecule has 1 aliphatic heterocycles. The lowest BCUT2D eigenvalue weighted by Crippen LogP contribution is -2.50. The fraction of sp³-hybridized carbons (Fsp3) is 0.389. The molecule has 0 bridgehead atoms. The van der Waals surface area contributed by atoms with Gasteiger partial charge in [0.2, 0.25) is 11.0 Å². The third-order valence-corrected chi connectivity index (χ3v) is 6.24. The smallest absolute Gasteiger partial charge is 0.357 e. The maximum atomic E-state index is 12.5. The van der Waals surface area contributed by atoms with Crippen LogP contribution in [0, 0.1) is 5.41 Å². The predicted octanol–water partition coefficient (Wildman–Crippen LogP) is 3.16. The quantitative estimate of drug-likeness (QED) is 0.236. The first-order chi connectivity index (χ1) is 12.9. The van der Waals surface area contributed by atoms with E-state index in [0.29, 0.717) is 16.7 Å². The number of β-lactam (4-membered cyclic amide) rings is 1. The fourth-order valence-electron chi connectivity index (χ4n) is 2.09. The van der Waals surface area contributed by atoms with E-state index in [1.807, 2.05) is 0 Å². The van der Waals surface area contributed by atoms with E-state index in [1.165, 1.54) is 18.4 Å². The number of hydrogen-bond donors (Lipinski definition) is 1. The summed E-state index contributed by atoms with van der Waals surface area (Å²) in [5.41, 5.74) is -2.08. The van der Waals surface area contributed by atoms with Gasteiger partial charge in [-0.2, -0.15) is 0 Å². The summed E-state index contributed by atoms with van der Waals surface area (Å²) in [5, 5.41) is 9.08. The second-order valence-corrected chi connectivity index (χ2v) is 9.84. The summed E-state index contributed by atoms with van der Waals surface area (Å²) >= 11 is 6.60. The first kappa shape index (κ1) is 22.4. The Bertz CT molecular complexity index is 860. The lowest BCUT2D eigenvalue weighted by Gasteiger charge is -2.36. The zero-order chi connectivity index (χ0) is 21.2. The number of carbonyl (C=O) groups excluding carboxylic acids is 2. The Hall–Kier alpha value is -1.84. The van der Waals surface area contributed by atoms with Gasteiger partial charge in [0, 0.05) is 27.4 Å². The molecule has 0 aliphatic carbocycles. The van der Waals surface area contributed by atoms with E-state index in [2.05, 4.69) is 0 Å². The molecule has 1 amide bonds. The van der Waals surface area contributed by atoms with Crippen LogP contribution in [0.5, 0.6) is 5.75 Å². The second-order valence-electron chi connectivity index (χ2n) is 7.01. The lowest BCUT2D eigenvalue weighted by atomic mass is 10.00. The Morgan fingerprint density at radius 2 is 1.86 bits per heavy atom. The summed E-state index contributed by atoms with van der Waals surface area (Å²) in [5.74, 6) is -1.68. The Labute approximate surface area is 174 Å². The van der Waals surface area contributed by atoms with Crippen LogP contribution in [-0.2, 0) is 25.2 Å². The second kappa shape index (κ2) is 8.67. The normalized spacial score (nSPS) is 18.8. The van der Waals surface area contributed by atoms with Crippen molar-refractivity contribution in [2.45, 2.75) is 37.6 Å². The number of carbonyl (C=O) groups is 3. The first-order valence-corrected chi connectivity index (χ1v) is 11.0. The molecule has 0 radical (unpaired) electrons. The minimum absolute atomic E-state index is 0.000506. The maximum Gasteiger partial charge on any atom is 0.357 e. The summed E-state index contributed by atoms with van der Waals surface area (Å²) in [7, 11) is -1.19. The van der Waals surface area contributed by atoms with Crippen LogP contribution in [-0.4, -0.2) is 43.0 Å². The molecule has 10 heteroatoms. The number of carboxylic acids is 1. The Balaban J connectivity index is 2.48. The largest absolute Gasteiger partial charge is 0.476 e. The molecule has 1 fully saturated rings. The van der Waals surface area contributed by atoms with E-state index < -0.39 is 39.3 Å². The van der Waals surface area contributed by atoms with Crippen LogP contribution in [0.4, 0.5) is 0 Å². The summed E-state index contributed by atoms with van der Waals surface area (Å²) in [6.45, 7) is 5.06. The van der Waals surface area contributed by atoms with E-state index >= 15 is 0 Å². The number of likely N-dealkylation sites (tertiary alicyclic amines) is 1. The minimum Gasteiger partial charge on any atom is -0.476 e. The van der Waals surface area contributed by atoms with Crippen LogP contribution in [0.25, 0.3) is 0 Å². The molecule has 1 aliphatic rings. The summed E-state index contributed by atoms with van der Waals surface area (Å²) < 4.78 is 17.2. The van der Waals surface area contributed by atoms with Gasteiger partial charge >= 0.3 is 5.97 Å². The number of benzene rings is 1. The summed E-state index contributed by atoms with van der Waals surface area (Å²) in [6.07, 6.45) is 1.53. The molecule has 7 nitrogen and oxygen atoms in total. The topological polar surface area (TPSA) is 101 Å². The highest BCUT2D eigenvalue weighted by Gasteiger charge is 2.43. The van der Waals surface area contributed by atoms with Gasteiger partial charge in [0.05, 0.1) is 6.42 Å². The van der Waals surface area contributed by atoms with Crippen molar-refractivity contribution in [3.63, 3.8) is 0 Å². The first-order valence-electron chi connectivity index (χ1n) is 8.19. The zero-order valence-electron chi connectivity index (χ0n) is 15.7. The highest BCUT2D eigenvalue weighted by atomic mass is 35.5. The number of nitrogens with zero attached hydrogens (tertiary/aromatic N) is 1. The number of ether oxygens (including phenoxy) is 1. The number of amides is 1. The van der Waals surface area contributed by atoms with Crippen molar-refractivity contribution in [2.75, 3.05) is 6.26 Å². The molecule has 1 N–H and O–H groups in total. The third-order valence-electron chi connectivity index (χ3n) is 3.69. The Morgan fingerprint density at radius 3 is 2.25 bits per heavy atom. The standard InChI is InChI=1S/C18H20ClNO6S2/c1-18(2,3)17(24)27-16(14(15(22)23)20-12(19)9-13(20)21)26-10-5-7-11(8-6-10)28(4)25/h5-8,12H,9H2,1-4H3,(H,22,23). The molecule has 0 aromatic heterocycles. The van der Waals surface area contributed by atoms with E-state index in [-0.39, 0.29) is 22.4 Å².